The van der Waals surface area contributed by atoms with Crippen LogP contribution < -0.4 is 5.32 Å². The van der Waals surface area contributed by atoms with Crippen LogP contribution in [0, 0.1) is 0 Å². The zero-order valence-electron chi connectivity index (χ0n) is 10.6. The van der Waals surface area contributed by atoms with Crippen molar-refractivity contribution in [2.24, 2.45) is 0 Å². The van der Waals surface area contributed by atoms with Crippen LogP contribution in [0.5, 0.6) is 0 Å². The third-order valence-electron chi connectivity index (χ3n) is 3.50. The number of hydrogen-bond acceptors (Lipinski definition) is 3. The number of carboxylic acids is 1. The first-order valence-electron chi connectivity index (χ1n) is 6.12. The van der Waals surface area contributed by atoms with Crippen LogP contribution in [-0.2, 0) is 4.79 Å². The standard InChI is InChI=1S/C12H24N2O2/c1-12(2,11(15)16)13-8-7-10-6-4-5-9-14(10)3/h10,13H,4-9H2,1-3H3,(H,15,16). The number of carboxylic acid groups (broad SMARTS) is 1. The lowest BCUT2D eigenvalue weighted by atomic mass is 9.99. The summed E-state index contributed by atoms with van der Waals surface area (Å²) in [6.07, 6.45) is 4.87. The van der Waals surface area contributed by atoms with E-state index in [-0.39, 0.29) is 0 Å². The molecule has 1 rings (SSSR count). The average molecular weight is 228 g/mol. The maximum Gasteiger partial charge on any atom is 0.323 e. The topological polar surface area (TPSA) is 52.6 Å². The molecule has 94 valence electrons. The Balaban J connectivity index is 2.26. The van der Waals surface area contributed by atoms with E-state index in [1.54, 1.807) is 13.8 Å². The Morgan fingerprint density at radius 3 is 2.75 bits per heavy atom. The number of nitrogens with one attached hydrogen (secondary N) is 1. The van der Waals surface area contributed by atoms with Crippen LogP contribution in [0.4, 0.5) is 0 Å². The van der Waals surface area contributed by atoms with Crippen LogP contribution in [0.15, 0.2) is 0 Å². The number of carbonyl (C=O) groups is 1. The maximum absolute atomic E-state index is 10.9. The molecule has 1 unspecified atom stereocenters. The predicted molar refractivity (Wildman–Crippen MR) is 64.6 cm³/mol. The van der Waals surface area contributed by atoms with Gasteiger partial charge in [-0.1, -0.05) is 6.42 Å². The molecule has 16 heavy (non-hydrogen) atoms. The monoisotopic (exact) mass is 228 g/mol. The smallest absolute Gasteiger partial charge is 0.323 e. The van der Waals surface area contributed by atoms with Gasteiger partial charge in [-0.15, -0.1) is 0 Å². The normalized spacial score (nSPS) is 23.3. The van der Waals surface area contributed by atoms with Crippen molar-refractivity contribution < 1.29 is 9.90 Å². The summed E-state index contributed by atoms with van der Waals surface area (Å²) >= 11 is 0. The van der Waals surface area contributed by atoms with Crippen LogP contribution in [0.2, 0.25) is 0 Å². The molecule has 1 heterocycles. The molecule has 2 N–H and O–H groups in total. The van der Waals surface area contributed by atoms with Gasteiger partial charge in [0.15, 0.2) is 0 Å². The summed E-state index contributed by atoms with van der Waals surface area (Å²) in [5.74, 6) is -0.788. The van der Waals surface area contributed by atoms with Gasteiger partial charge >= 0.3 is 5.97 Å². The van der Waals surface area contributed by atoms with E-state index in [2.05, 4.69) is 17.3 Å². The average Bonchev–Trinajstić information content (AvgIpc) is 2.20. The number of aliphatic carboxylic acids is 1. The van der Waals surface area contributed by atoms with Gasteiger partial charge in [0.25, 0.3) is 0 Å². The van der Waals surface area contributed by atoms with E-state index in [0.29, 0.717) is 6.04 Å². The molecule has 0 bridgehead atoms. The van der Waals surface area contributed by atoms with Gasteiger partial charge in [0.1, 0.15) is 5.54 Å². The van der Waals surface area contributed by atoms with Crippen molar-refractivity contribution in [3.05, 3.63) is 0 Å². The lowest BCUT2D eigenvalue weighted by Crippen LogP contribution is -2.48. The fourth-order valence-electron chi connectivity index (χ4n) is 2.14. The Morgan fingerprint density at radius 1 is 1.50 bits per heavy atom. The van der Waals surface area contributed by atoms with Crippen LogP contribution in [-0.4, -0.2) is 47.7 Å². The second-order valence-corrected chi connectivity index (χ2v) is 5.28. The summed E-state index contributed by atoms with van der Waals surface area (Å²) in [7, 11) is 2.16. The molecule has 0 aromatic rings. The Bertz CT molecular complexity index is 241. The first kappa shape index (κ1) is 13.5. The number of rotatable bonds is 5. The van der Waals surface area contributed by atoms with E-state index in [4.69, 9.17) is 5.11 Å². The minimum atomic E-state index is -0.812. The van der Waals surface area contributed by atoms with Gasteiger partial charge in [0.05, 0.1) is 0 Å². The fourth-order valence-corrected chi connectivity index (χ4v) is 2.14. The fraction of sp³-hybridized carbons (Fsp3) is 0.917. The highest BCUT2D eigenvalue weighted by Gasteiger charge is 2.26. The van der Waals surface area contributed by atoms with Crippen LogP contribution in [0.1, 0.15) is 39.5 Å². The summed E-state index contributed by atoms with van der Waals surface area (Å²) in [6, 6.07) is 0.617. The highest BCUT2D eigenvalue weighted by atomic mass is 16.4. The molecular formula is C12H24N2O2. The zero-order valence-corrected chi connectivity index (χ0v) is 10.6. The molecule has 1 aliphatic rings. The zero-order chi connectivity index (χ0) is 12.2. The second-order valence-electron chi connectivity index (χ2n) is 5.28. The van der Waals surface area contributed by atoms with Crippen molar-refractivity contribution in [2.75, 3.05) is 20.1 Å². The Morgan fingerprint density at radius 2 is 2.19 bits per heavy atom. The van der Waals surface area contributed by atoms with Crippen molar-refractivity contribution in [1.82, 2.24) is 10.2 Å². The minimum Gasteiger partial charge on any atom is -0.480 e. The summed E-state index contributed by atoms with van der Waals surface area (Å²) in [5.41, 5.74) is -0.812. The molecule has 0 amide bonds. The van der Waals surface area contributed by atoms with Crippen LogP contribution in [0.3, 0.4) is 0 Å². The SMILES string of the molecule is CN1CCCCC1CCNC(C)(C)C(=O)O. The lowest BCUT2D eigenvalue weighted by molar-refractivity contribution is -0.143. The largest absolute Gasteiger partial charge is 0.480 e. The minimum absolute atomic E-state index is 0.617. The van der Waals surface area contributed by atoms with Crippen molar-refractivity contribution in [3.8, 4) is 0 Å². The molecule has 0 aromatic heterocycles. The van der Waals surface area contributed by atoms with Gasteiger partial charge in [-0.25, -0.2) is 0 Å². The Hall–Kier alpha value is -0.610. The van der Waals surface area contributed by atoms with Crippen LogP contribution in [0.25, 0.3) is 0 Å². The van der Waals surface area contributed by atoms with E-state index in [0.717, 1.165) is 13.0 Å². The Kier molecular flexibility index (Phi) is 4.74. The summed E-state index contributed by atoms with van der Waals surface area (Å²) in [6.45, 7) is 5.36. The van der Waals surface area contributed by atoms with Crippen molar-refractivity contribution in [1.29, 1.82) is 0 Å². The van der Waals surface area contributed by atoms with E-state index in [1.165, 1.54) is 25.8 Å². The predicted octanol–water partition coefficient (Wildman–Crippen LogP) is 1.31. The molecule has 1 atom stereocenters. The third kappa shape index (κ3) is 3.76. The molecule has 1 aliphatic heterocycles. The number of hydrogen-bond donors (Lipinski definition) is 2. The van der Waals surface area contributed by atoms with Crippen molar-refractivity contribution in [2.45, 2.75) is 51.1 Å². The summed E-state index contributed by atoms with van der Waals surface area (Å²) in [5, 5.41) is 12.1. The summed E-state index contributed by atoms with van der Waals surface area (Å²) in [4.78, 5) is 13.3. The molecular weight excluding hydrogens is 204 g/mol. The molecule has 0 spiro atoms. The van der Waals surface area contributed by atoms with Gasteiger partial charge in [-0.2, -0.15) is 0 Å². The highest BCUT2D eigenvalue weighted by Crippen LogP contribution is 2.17. The number of nitrogens with zero attached hydrogens (tertiary/aromatic N) is 1. The molecule has 1 saturated heterocycles. The van der Waals surface area contributed by atoms with Crippen molar-refractivity contribution in [3.63, 3.8) is 0 Å². The van der Waals surface area contributed by atoms with E-state index < -0.39 is 11.5 Å². The van der Waals surface area contributed by atoms with Crippen molar-refractivity contribution >= 4 is 5.97 Å². The molecule has 0 aliphatic carbocycles. The van der Waals surface area contributed by atoms with Gasteiger partial charge in [0.2, 0.25) is 0 Å². The summed E-state index contributed by atoms with van der Waals surface area (Å²) < 4.78 is 0. The van der Waals surface area contributed by atoms with E-state index in [1.807, 2.05) is 0 Å². The van der Waals surface area contributed by atoms with E-state index >= 15 is 0 Å². The van der Waals surface area contributed by atoms with Crippen LogP contribution >= 0.6 is 0 Å². The molecule has 1 fully saturated rings. The van der Waals surface area contributed by atoms with Gasteiger partial charge in [-0.05, 0) is 53.2 Å². The first-order chi connectivity index (χ1) is 7.43. The molecule has 4 nitrogen and oxygen atoms in total. The second kappa shape index (κ2) is 5.64. The highest BCUT2D eigenvalue weighted by molar-refractivity contribution is 5.77. The molecule has 0 saturated carbocycles. The quantitative estimate of drug-likeness (QED) is 0.745. The number of piperidine rings is 1. The molecule has 0 aromatic carbocycles. The molecule has 0 radical (unpaired) electrons. The maximum atomic E-state index is 10.9. The third-order valence-corrected chi connectivity index (χ3v) is 3.50. The van der Waals surface area contributed by atoms with Gasteiger partial charge in [0, 0.05) is 6.04 Å². The first-order valence-corrected chi connectivity index (χ1v) is 6.12. The molecule has 4 heteroatoms. The Labute approximate surface area is 98.0 Å². The van der Waals surface area contributed by atoms with Gasteiger partial charge < -0.3 is 15.3 Å². The van der Waals surface area contributed by atoms with E-state index in [9.17, 15) is 4.79 Å². The van der Waals surface area contributed by atoms with Gasteiger partial charge in [-0.3, -0.25) is 4.79 Å². The lowest BCUT2D eigenvalue weighted by Gasteiger charge is -2.33. The number of likely N-dealkylation sites (tertiary alicyclic amines) is 1.